The number of methoxy groups -OCH3 is 2. The normalized spacial score (nSPS) is 10.0. The van der Waals surface area contributed by atoms with Crippen LogP contribution in [0.5, 0.6) is 5.95 Å². The molecule has 1 heterocycles. The Morgan fingerprint density at radius 2 is 1.88 bits per heavy atom. The summed E-state index contributed by atoms with van der Waals surface area (Å²) >= 11 is 0. The zero-order chi connectivity index (χ0) is 12.3. The summed E-state index contributed by atoms with van der Waals surface area (Å²) in [6.45, 7) is 0. The van der Waals surface area contributed by atoms with E-state index in [-0.39, 0.29) is 5.95 Å². The van der Waals surface area contributed by atoms with Crippen LogP contribution >= 0.6 is 0 Å². The first kappa shape index (κ1) is 11.3. The zero-order valence-electron chi connectivity index (χ0n) is 9.60. The van der Waals surface area contributed by atoms with Gasteiger partial charge in [0.2, 0.25) is 0 Å². The topological polar surface area (TPSA) is 48.7 Å². The Labute approximate surface area is 98.8 Å². The first-order valence-corrected chi connectivity index (χ1v) is 5.08. The molecule has 0 bridgehead atoms. The van der Waals surface area contributed by atoms with E-state index in [9.17, 15) is 4.79 Å². The molecule has 0 amide bonds. The van der Waals surface area contributed by atoms with Gasteiger partial charge in [0.25, 0.3) is 5.95 Å². The molecule has 0 fully saturated rings. The fraction of sp³-hybridized carbons (Fsp3) is 0.154. The number of carbonyl (C=O) groups is 1. The van der Waals surface area contributed by atoms with Crippen LogP contribution in [0.15, 0.2) is 40.8 Å². The van der Waals surface area contributed by atoms with Crippen LogP contribution in [0.3, 0.4) is 0 Å². The molecule has 0 unspecified atom stereocenters. The van der Waals surface area contributed by atoms with Crippen molar-refractivity contribution in [2.75, 3.05) is 14.2 Å². The molecule has 2 rings (SSSR count). The Morgan fingerprint density at radius 1 is 1.18 bits per heavy atom. The number of hydrogen-bond donors (Lipinski definition) is 0. The van der Waals surface area contributed by atoms with Crippen LogP contribution in [-0.4, -0.2) is 20.2 Å². The van der Waals surface area contributed by atoms with Gasteiger partial charge in [-0.3, -0.25) is 0 Å². The molecule has 2 aromatic rings. The van der Waals surface area contributed by atoms with Gasteiger partial charge in [0.05, 0.1) is 14.2 Å². The molecule has 88 valence electrons. The molecule has 0 radical (unpaired) electrons. The minimum Gasteiger partial charge on any atom is -0.468 e. The fourth-order valence-electron chi connectivity index (χ4n) is 1.53. The minimum atomic E-state index is -0.448. The highest BCUT2D eigenvalue weighted by molar-refractivity contribution is 5.96. The fourth-order valence-corrected chi connectivity index (χ4v) is 1.53. The van der Waals surface area contributed by atoms with Crippen molar-refractivity contribution < 1.29 is 18.7 Å². The maximum Gasteiger partial charge on any atom is 0.341 e. The number of hydrogen-bond acceptors (Lipinski definition) is 4. The van der Waals surface area contributed by atoms with E-state index in [4.69, 9.17) is 13.9 Å². The summed E-state index contributed by atoms with van der Waals surface area (Å²) in [5, 5.41) is 0. The average molecular weight is 232 g/mol. The summed E-state index contributed by atoms with van der Waals surface area (Å²) in [7, 11) is 2.81. The number of furan rings is 1. The van der Waals surface area contributed by atoms with Crippen molar-refractivity contribution in [2.45, 2.75) is 0 Å². The van der Waals surface area contributed by atoms with Gasteiger partial charge in [0.15, 0.2) is 5.76 Å². The van der Waals surface area contributed by atoms with Crippen LogP contribution in [0, 0.1) is 0 Å². The van der Waals surface area contributed by atoms with E-state index in [1.165, 1.54) is 20.3 Å². The maximum atomic E-state index is 11.6. The molecule has 0 saturated heterocycles. The molecule has 4 nitrogen and oxygen atoms in total. The summed E-state index contributed by atoms with van der Waals surface area (Å²) in [6.07, 6.45) is 0. The SMILES string of the molecule is COC(=O)c1cc(OC)oc1-c1ccccc1. The maximum absolute atomic E-state index is 11.6. The lowest BCUT2D eigenvalue weighted by Crippen LogP contribution is -2.00. The predicted molar refractivity (Wildman–Crippen MR) is 62.0 cm³/mol. The van der Waals surface area contributed by atoms with E-state index >= 15 is 0 Å². The predicted octanol–water partition coefficient (Wildman–Crippen LogP) is 2.74. The highest BCUT2D eigenvalue weighted by Crippen LogP contribution is 2.31. The third-order valence-corrected chi connectivity index (χ3v) is 2.35. The van der Waals surface area contributed by atoms with Crippen LogP contribution < -0.4 is 4.74 Å². The van der Waals surface area contributed by atoms with Gasteiger partial charge in [-0.15, -0.1) is 0 Å². The van der Waals surface area contributed by atoms with Crippen molar-refractivity contribution in [3.63, 3.8) is 0 Å². The Bertz CT molecular complexity index is 513. The highest BCUT2D eigenvalue weighted by atomic mass is 16.6. The van der Waals surface area contributed by atoms with E-state index in [0.29, 0.717) is 11.3 Å². The van der Waals surface area contributed by atoms with E-state index < -0.39 is 5.97 Å². The van der Waals surface area contributed by atoms with Gasteiger partial charge in [-0.2, -0.15) is 0 Å². The number of rotatable bonds is 3. The third kappa shape index (κ3) is 2.15. The summed E-state index contributed by atoms with van der Waals surface area (Å²) in [6, 6.07) is 10.8. The monoisotopic (exact) mass is 232 g/mol. The second-order valence-electron chi connectivity index (χ2n) is 3.37. The van der Waals surface area contributed by atoms with Crippen molar-refractivity contribution in [3.05, 3.63) is 42.0 Å². The van der Waals surface area contributed by atoms with Gasteiger partial charge in [-0.1, -0.05) is 30.3 Å². The molecule has 1 aromatic heterocycles. The summed E-state index contributed by atoms with van der Waals surface area (Å²) in [5.41, 5.74) is 1.16. The summed E-state index contributed by atoms with van der Waals surface area (Å²) < 4.78 is 15.1. The second kappa shape index (κ2) is 4.74. The lowest BCUT2D eigenvalue weighted by molar-refractivity contribution is 0.0601. The molecule has 0 atom stereocenters. The van der Waals surface area contributed by atoms with Crippen molar-refractivity contribution >= 4 is 5.97 Å². The van der Waals surface area contributed by atoms with Crippen molar-refractivity contribution in [1.29, 1.82) is 0 Å². The molecule has 0 aliphatic carbocycles. The van der Waals surface area contributed by atoms with E-state index in [0.717, 1.165) is 5.56 Å². The number of ether oxygens (including phenoxy) is 2. The first-order valence-electron chi connectivity index (χ1n) is 5.08. The van der Waals surface area contributed by atoms with E-state index in [1.807, 2.05) is 30.3 Å². The molecular formula is C13H12O4. The Hall–Kier alpha value is -2.23. The minimum absolute atomic E-state index is 0.282. The lowest BCUT2D eigenvalue weighted by Gasteiger charge is -2.00. The van der Waals surface area contributed by atoms with Crippen molar-refractivity contribution in [3.8, 4) is 17.3 Å². The van der Waals surface area contributed by atoms with Gasteiger partial charge in [0, 0.05) is 11.6 Å². The van der Waals surface area contributed by atoms with Gasteiger partial charge in [-0.25, -0.2) is 4.79 Å². The smallest absolute Gasteiger partial charge is 0.341 e. The number of benzene rings is 1. The average Bonchev–Trinajstić information content (AvgIpc) is 2.83. The van der Waals surface area contributed by atoms with Crippen LogP contribution in [0.4, 0.5) is 0 Å². The zero-order valence-corrected chi connectivity index (χ0v) is 9.60. The van der Waals surface area contributed by atoms with Crippen LogP contribution in [0.25, 0.3) is 11.3 Å². The third-order valence-electron chi connectivity index (χ3n) is 2.35. The molecule has 4 heteroatoms. The number of carbonyl (C=O) groups excluding carboxylic acids is 1. The van der Waals surface area contributed by atoms with Gasteiger partial charge < -0.3 is 13.9 Å². The second-order valence-corrected chi connectivity index (χ2v) is 3.37. The molecule has 0 aliphatic rings. The van der Waals surface area contributed by atoms with Gasteiger partial charge >= 0.3 is 5.97 Å². The molecule has 17 heavy (non-hydrogen) atoms. The molecule has 0 spiro atoms. The highest BCUT2D eigenvalue weighted by Gasteiger charge is 2.20. The molecule has 0 N–H and O–H groups in total. The largest absolute Gasteiger partial charge is 0.468 e. The molecule has 1 aromatic carbocycles. The van der Waals surface area contributed by atoms with E-state index in [1.54, 1.807) is 0 Å². The Kier molecular flexibility index (Phi) is 3.14. The standard InChI is InChI=1S/C13H12O4/c1-15-11-8-10(13(14)16-2)12(17-11)9-6-4-3-5-7-9/h3-8H,1-2H3. The van der Waals surface area contributed by atoms with Crippen LogP contribution in [0.1, 0.15) is 10.4 Å². The van der Waals surface area contributed by atoms with Crippen LogP contribution in [0.2, 0.25) is 0 Å². The van der Waals surface area contributed by atoms with Crippen LogP contribution in [-0.2, 0) is 4.74 Å². The number of esters is 1. The lowest BCUT2D eigenvalue weighted by atomic mass is 10.1. The van der Waals surface area contributed by atoms with Gasteiger partial charge in [0.1, 0.15) is 5.56 Å². The summed E-state index contributed by atoms with van der Waals surface area (Å²) in [5.74, 6) is 0.287. The van der Waals surface area contributed by atoms with Gasteiger partial charge in [-0.05, 0) is 0 Å². The summed E-state index contributed by atoms with van der Waals surface area (Å²) in [4.78, 5) is 11.6. The van der Waals surface area contributed by atoms with E-state index in [2.05, 4.69) is 0 Å². The molecular weight excluding hydrogens is 220 g/mol. The van der Waals surface area contributed by atoms with Crippen molar-refractivity contribution in [2.24, 2.45) is 0 Å². The Balaban J connectivity index is 2.52. The van der Waals surface area contributed by atoms with Crippen molar-refractivity contribution in [1.82, 2.24) is 0 Å². The molecule has 0 aliphatic heterocycles. The quantitative estimate of drug-likeness (QED) is 0.763. The first-order chi connectivity index (χ1) is 8.26. The molecule has 0 saturated carbocycles. The Morgan fingerprint density at radius 3 is 2.47 bits per heavy atom.